The molecule has 4 heteroatoms. The topological polar surface area (TPSA) is 41.9 Å². The average molecular weight is 365 g/mol. The van der Waals surface area contributed by atoms with Gasteiger partial charge in [0.1, 0.15) is 11.4 Å². The fraction of sp³-hybridized carbons (Fsp3) is 0.391. The molecule has 2 heterocycles. The van der Waals surface area contributed by atoms with Crippen molar-refractivity contribution < 1.29 is 14.6 Å². The Balaban J connectivity index is 1.36. The van der Waals surface area contributed by atoms with Crippen LogP contribution in [0.15, 0.2) is 55.1 Å². The smallest absolute Gasteiger partial charge is 0.136 e. The van der Waals surface area contributed by atoms with Crippen molar-refractivity contribution >= 4 is 5.70 Å². The molecule has 0 atom stereocenters. The molecule has 4 rings (SSSR count). The summed E-state index contributed by atoms with van der Waals surface area (Å²) >= 11 is 0. The van der Waals surface area contributed by atoms with Gasteiger partial charge in [-0.05, 0) is 47.6 Å². The maximum atomic E-state index is 10.4. The molecule has 0 aromatic heterocycles. The molecule has 2 aromatic rings. The molecule has 2 fully saturated rings. The van der Waals surface area contributed by atoms with Gasteiger partial charge in [0, 0.05) is 18.8 Å². The Kier molecular flexibility index (Phi) is 4.94. The first-order valence-electron chi connectivity index (χ1n) is 9.58. The third-order valence-corrected chi connectivity index (χ3v) is 5.90. The summed E-state index contributed by atoms with van der Waals surface area (Å²) < 4.78 is 10.4. The molecular formula is C23H27NO3. The summed E-state index contributed by atoms with van der Waals surface area (Å²) in [6.07, 6.45) is 2.25. The van der Waals surface area contributed by atoms with Gasteiger partial charge in [-0.2, -0.15) is 0 Å². The molecule has 0 aliphatic carbocycles. The number of piperidine rings is 1. The van der Waals surface area contributed by atoms with Crippen molar-refractivity contribution in [1.29, 1.82) is 0 Å². The zero-order valence-corrected chi connectivity index (χ0v) is 15.9. The van der Waals surface area contributed by atoms with E-state index in [0.717, 1.165) is 48.5 Å². The Labute approximate surface area is 161 Å². The lowest BCUT2D eigenvalue weighted by atomic mass is 9.88. The van der Waals surface area contributed by atoms with E-state index in [-0.39, 0.29) is 0 Å². The number of ether oxygens (including phenoxy) is 2. The van der Waals surface area contributed by atoms with E-state index in [1.807, 2.05) is 24.3 Å². The fourth-order valence-corrected chi connectivity index (χ4v) is 3.98. The highest BCUT2D eigenvalue weighted by Gasteiger charge is 2.37. The van der Waals surface area contributed by atoms with Crippen LogP contribution in [-0.4, -0.2) is 43.4 Å². The first-order valence-corrected chi connectivity index (χ1v) is 9.58. The van der Waals surface area contributed by atoms with Crippen molar-refractivity contribution in [2.45, 2.75) is 24.4 Å². The number of benzene rings is 2. The van der Waals surface area contributed by atoms with Gasteiger partial charge < -0.3 is 19.5 Å². The van der Waals surface area contributed by atoms with Gasteiger partial charge in [0.05, 0.1) is 20.3 Å². The zero-order chi connectivity index (χ0) is 18.9. The molecule has 0 amide bonds. The molecule has 0 bridgehead atoms. The van der Waals surface area contributed by atoms with E-state index in [0.29, 0.717) is 19.1 Å². The standard InChI is InChI=1S/C23H27NO3/c1-17(18-3-7-21(8-4-18)23(25)15-27-16-23)24-13-11-20(12-14-24)19-5-9-22(26-2)10-6-19/h3-10,20,25H,1,11-16H2,2H3. The molecule has 0 saturated carbocycles. The van der Waals surface area contributed by atoms with Crippen LogP contribution >= 0.6 is 0 Å². The minimum atomic E-state index is -0.809. The van der Waals surface area contributed by atoms with Gasteiger partial charge in [-0.15, -0.1) is 0 Å². The first kappa shape index (κ1) is 18.1. The van der Waals surface area contributed by atoms with E-state index in [1.54, 1.807) is 7.11 Å². The van der Waals surface area contributed by atoms with E-state index in [1.165, 1.54) is 5.56 Å². The molecule has 0 spiro atoms. The normalized spacial score (nSPS) is 19.4. The highest BCUT2D eigenvalue weighted by Crippen LogP contribution is 2.33. The van der Waals surface area contributed by atoms with E-state index < -0.39 is 5.60 Å². The van der Waals surface area contributed by atoms with Gasteiger partial charge in [-0.3, -0.25) is 0 Å². The van der Waals surface area contributed by atoms with Gasteiger partial charge in [-0.25, -0.2) is 0 Å². The highest BCUT2D eigenvalue weighted by molar-refractivity contribution is 5.62. The summed E-state index contributed by atoms with van der Waals surface area (Å²) in [6, 6.07) is 16.6. The van der Waals surface area contributed by atoms with Crippen LogP contribution < -0.4 is 4.74 Å². The second-order valence-corrected chi connectivity index (χ2v) is 7.58. The van der Waals surface area contributed by atoms with Crippen LogP contribution in [-0.2, 0) is 10.3 Å². The molecule has 2 aromatic carbocycles. The lowest BCUT2D eigenvalue weighted by Crippen LogP contribution is -2.46. The van der Waals surface area contributed by atoms with Gasteiger partial charge in [-0.1, -0.05) is 43.0 Å². The van der Waals surface area contributed by atoms with Crippen LogP contribution in [0.3, 0.4) is 0 Å². The predicted octanol–water partition coefficient (Wildman–Crippen LogP) is 3.76. The summed E-state index contributed by atoms with van der Waals surface area (Å²) in [5, 5.41) is 10.4. The Hall–Kier alpha value is -2.30. The zero-order valence-electron chi connectivity index (χ0n) is 15.9. The number of hydrogen-bond donors (Lipinski definition) is 1. The van der Waals surface area contributed by atoms with Gasteiger partial charge >= 0.3 is 0 Å². The molecule has 27 heavy (non-hydrogen) atoms. The van der Waals surface area contributed by atoms with Crippen molar-refractivity contribution in [3.8, 4) is 5.75 Å². The summed E-state index contributed by atoms with van der Waals surface area (Å²) in [6.45, 7) is 7.10. The van der Waals surface area contributed by atoms with Gasteiger partial charge in [0.15, 0.2) is 0 Å². The summed E-state index contributed by atoms with van der Waals surface area (Å²) in [5.74, 6) is 1.50. The number of hydrogen-bond acceptors (Lipinski definition) is 4. The largest absolute Gasteiger partial charge is 0.497 e. The molecular weight excluding hydrogens is 338 g/mol. The molecule has 2 saturated heterocycles. The highest BCUT2D eigenvalue weighted by atomic mass is 16.5. The Morgan fingerprint density at radius 1 is 1.07 bits per heavy atom. The Bertz CT molecular complexity index is 785. The first-order chi connectivity index (χ1) is 13.1. The number of aliphatic hydroxyl groups is 1. The van der Waals surface area contributed by atoms with Crippen molar-refractivity contribution in [1.82, 2.24) is 4.90 Å². The predicted molar refractivity (Wildman–Crippen MR) is 107 cm³/mol. The summed E-state index contributed by atoms with van der Waals surface area (Å²) in [5.41, 5.74) is 3.68. The summed E-state index contributed by atoms with van der Waals surface area (Å²) in [7, 11) is 1.70. The molecule has 0 unspecified atom stereocenters. The second kappa shape index (κ2) is 7.37. The molecule has 4 nitrogen and oxygen atoms in total. The number of methoxy groups -OCH3 is 1. The van der Waals surface area contributed by atoms with Crippen LogP contribution in [0.25, 0.3) is 5.70 Å². The maximum absolute atomic E-state index is 10.4. The second-order valence-electron chi connectivity index (χ2n) is 7.58. The maximum Gasteiger partial charge on any atom is 0.136 e. The fourth-order valence-electron chi connectivity index (χ4n) is 3.98. The third-order valence-electron chi connectivity index (χ3n) is 5.90. The average Bonchev–Trinajstić information content (AvgIpc) is 2.72. The minimum Gasteiger partial charge on any atom is -0.497 e. The van der Waals surface area contributed by atoms with Crippen molar-refractivity contribution in [3.05, 3.63) is 71.8 Å². The van der Waals surface area contributed by atoms with E-state index in [4.69, 9.17) is 9.47 Å². The van der Waals surface area contributed by atoms with Crippen LogP contribution in [0.5, 0.6) is 5.75 Å². The van der Waals surface area contributed by atoms with Crippen LogP contribution in [0.4, 0.5) is 0 Å². The SMILES string of the molecule is C=C(c1ccc(C2(O)COC2)cc1)N1CCC(c2ccc(OC)cc2)CC1. The molecule has 2 aliphatic rings. The molecule has 1 N–H and O–H groups in total. The quantitative estimate of drug-likeness (QED) is 0.876. The van der Waals surface area contributed by atoms with Crippen LogP contribution in [0.2, 0.25) is 0 Å². The number of likely N-dealkylation sites (tertiary alicyclic amines) is 1. The Morgan fingerprint density at radius 2 is 1.70 bits per heavy atom. The monoisotopic (exact) mass is 365 g/mol. The van der Waals surface area contributed by atoms with Crippen LogP contribution in [0.1, 0.15) is 35.4 Å². The summed E-state index contributed by atoms with van der Waals surface area (Å²) in [4.78, 5) is 2.37. The Morgan fingerprint density at radius 3 is 2.22 bits per heavy atom. The van der Waals surface area contributed by atoms with Crippen molar-refractivity contribution in [2.24, 2.45) is 0 Å². The minimum absolute atomic E-state index is 0.381. The molecule has 0 radical (unpaired) electrons. The van der Waals surface area contributed by atoms with Crippen LogP contribution in [0, 0.1) is 0 Å². The van der Waals surface area contributed by atoms with Gasteiger partial charge in [0.2, 0.25) is 0 Å². The lowest BCUT2D eigenvalue weighted by Gasteiger charge is -2.37. The van der Waals surface area contributed by atoms with E-state index in [9.17, 15) is 5.11 Å². The molecule has 2 aliphatic heterocycles. The van der Waals surface area contributed by atoms with Crippen molar-refractivity contribution in [2.75, 3.05) is 33.4 Å². The van der Waals surface area contributed by atoms with E-state index >= 15 is 0 Å². The van der Waals surface area contributed by atoms with Gasteiger partial charge in [0.25, 0.3) is 0 Å². The lowest BCUT2D eigenvalue weighted by molar-refractivity contribution is -0.184. The van der Waals surface area contributed by atoms with Crippen molar-refractivity contribution in [3.63, 3.8) is 0 Å². The molecule has 142 valence electrons. The third kappa shape index (κ3) is 3.60. The van der Waals surface area contributed by atoms with E-state index in [2.05, 4.69) is 35.7 Å². The number of rotatable bonds is 5. The number of nitrogens with zero attached hydrogens (tertiary/aromatic N) is 1.